The van der Waals surface area contributed by atoms with Crippen molar-refractivity contribution >= 4 is 17.8 Å². The van der Waals surface area contributed by atoms with E-state index in [-0.39, 0.29) is 42.7 Å². The lowest BCUT2D eigenvalue weighted by Crippen LogP contribution is -2.51. The molecule has 144 valence electrons. The van der Waals surface area contributed by atoms with E-state index in [1.807, 2.05) is 30.3 Å². The second-order valence-electron chi connectivity index (χ2n) is 6.96. The monoisotopic (exact) mass is 371 g/mol. The minimum atomic E-state index is -0.464. The van der Waals surface area contributed by atoms with Crippen molar-refractivity contribution in [2.24, 2.45) is 11.8 Å². The van der Waals surface area contributed by atoms with Gasteiger partial charge in [-0.15, -0.1) is 0 Å². The zero-order valence-electron chi connectivity index (χ0n) is 15.5. The molecule has 27 heavy (non-hydrogen) atoms. The molecule has 1 aromatic carbocycles. The van der Waals surface area contributed by atoms with Crippen molar-refractivity contribution in [1.82, 2.24) is 4.90 Å². The highest BCUT2D eigenvalue weighted by Crippen LogP contribution is 2.39. The number of ketones is 1. The molecule has 3 rings (SSSR count). The van der Waals surface area contributed by atoms with Gasteiger partial charge in [0.15, 0.2) is 5.78 Å². The number of ether oxygens (including phenoxy) is 2. The maximum atomic E-state index is 12.6. The van der Waals surface area contributed by atoms with Crippen LogP contribution >= 0.6 is 0 Å². The van der Waals surface area contributed by atoms with Gasteiger partial charge in [0.05, 0.1) is 12.6 Å². The van der Waals surface area contributed by atoms with Gasteiger partial charge in [-0.05, 0) is 37.3 Å². The van der Waals surface area contributed by atoms with Crippen LogP contribution in [0.2, 0.25) is 0 Å². The molecule has 1 aliphatic heterocycles. The number of allylic oxidation sites excluding steroid dienone is 1. The third-order valence-corrected chi connectivity index (χ3v) is 5.23. The van der Waals surface area contributed by atoms with E-state index < -0.39 is 6.09 Å². The van der Waals surface area contributed by atoms with Crippen molar-refractivity contribution in [2.45, 2.75) is 45.3 Å². The Morgan fingerprint density at radius 1 is 1.15 bits per heavy atom. The van der Waals surface area contributed by atoms with Gasteiger partial charge in [-0.2, -0.15) is 0 Å². The average Bonchev–Trinajstić information content (AvgIpc) is 2.67. The molecule has 1 saturated carbocycles. The molecule has 6 heteroatoms. The van der Waals surface area contributed by atoms with Gasteiger partial charge >= 0.3 is 12.1 Å². The van der Waals surface area contributed by atoms with Crippen LogP contribution in [-0.2, 0) is 25.7 Å². The Labute approximate surface area is 159 Å². The Bertz CT molecular complexity index is 715. The predicted octanol–water partition coefficient (Wildman–Crippen LogP) is 3.46. The first-order chi connectivity index (χ1) is 13.1. The molecule has 1 amide bonds. The van der Waals surface area contributed by atoms with Crippen molar-refractivity contribution in [3.63, 3.8) is 0 Å². The normalized spacial score (nSPS) is 24.3. The number of amides is 1. The summed E-state index contributed by atoms with van der Waals surface area (Å²) in [5.74, 6) is -0.799. The van der Waals surface area contributed by atoms with Crippen LogP contribution in [0.3, 0.4) is 0 Å². The molecule has 1 aromatic rings. The number of carbonyl (C=O) groups is 3. The van der Waals surface area contributed by atoms with Crippen molar-refractivity contribution in [3.8, 4) is 0 Å². The molecule has 0 spiro atoms. The van der Waals surface area contributed by atoms with Crippen LogP contribution in [0.5, 0.6) is 0 Å². The van der Waals surface area contributed by atoms with Gasteiger partial charge in [-0.1, -0.05) is 36.8 Å². The Hall–Kier alpha value is -2.63. The maximum absolute atomic E-state index is 12.6. The van der Waals surface area contributed by atoms with Crippen LogP contribution in [0.4, 0.5) is 4.79 Å². The van der Waals surface area contributed by atoms with Crippen LogP contribution in [0.1, 0.15) is 38.2 Å². The largest absolute Gasteiger partial charge is 0.466 e. The third-order valence-electron chi connectivity index (χ3n) is 5.23. The highest BCUT2D eigenvalue weighted by Gasteiger charge is 2.44. The van der Waals surface area contributed by atoms with E-state index in [4.69, 9.17) is 9.47 Å². The van der Waals surface area contributed by atoms with Gasteiger partial charge < -0.3 is 9.47 Å². The summed E-state index contributed by atoms with van der Waals surface area (Å²) in [5, 5.41) is 0. The van der Waals surface area contributed by atoms with Gasteiger partial charge in [0.25, 0.3) is 0 Å². The molecular formula is C21H25NO5. The topological polar surface area (TPSA) is 72.9 Å². The Balaban J connectivity index is 1.68. The van der Waals surface area contributed by atoms with E-state index in [0.717, 1.165) is 24.8 Å². The highest BCUT2D eigenvalue weighted by atomic mass is 16.6. The molecule has 0 saturated heterocycles. The lowest BCUT2D eigenvalue weighted by molar-refractivity contribution is -0.145. The highest BCUT2D eigenvalue weighted by molar-refractivity contribution is 5.95. The second kappa shape index (κ2) is 8.84. The Morgan fingerprint density at radius 3 is 2.67 bits per heavy atom. The summed E-state index contributed by atoms with van der Waals surface area (Å²) in [6.45, 7) is 2.27. The zero-order valence-corrected chi connectivity index (χ0v) is 15.5. The molecule has 0 radical (unpaired) electrons. The number of rotatable bonds is 5. The molecule has 0 aromatic heterocycles. The molecule has 1 fully saturated rings. The number of benzene rings is 1. The van der Waals surface area contributed by atoms with Gasteiger partial charge in [0.1, 0.15) is 6.61 Å². The molecule has 0 bridgehead atoms. The average molecular weight is 371 g/mol. The minimum Gasteiger partial charge on any atom is -0.466 e. The summed E-state index contributed by atoms with van der Waals surface area (Å²) in [6, 6.07) is 9.20. The van der Waals surface area contributed by atoms with Crippen LogP contribution in [0.15, 0.2) is 42.6 Å². The summed E-state index contributed by atoms with van der Waals surface area (Å²) in [4.78, 5) is 38.6. The number of carbonyl (C=O) groups excluding carboxylic acids is 3. The Morgan fingerprint density at radius 2 is 1.93 bits per heavy atom. The fraction of sp³-hybridized carbons (Fsp3) is 0.476. The standard InChI is InChI=1S/C21H25NO5/c1-2-26-19(24)13-16-9-6-10-17-20(16)18(23)11-12-22(17)21(25)27-14-15-7-4-3-5-8-15/h3-5,7-8,11-12,16-17,20H,2,6,9-10,13-14H2,1H3/t16-,17-,20+/m0/s1. The maximum Gasteiger partial charge on any atom is 0.414 e. The summed E-state index contributed by atoms with van der Waals surface area (Å²) in [7, 11) is 0. The van der Waals surface area contributed by atoms with Crippen LogP contribution < -0.4 is 0 Å². The summed E-state index contributed by atoms with van der Waals surface area (Å²) >= 11 is 0. The van der Waals surface area contributed by atoms with Gasteiger partial charge in [0.2, 0.25) is 0 Å². The smallest absolute Gasteiger partial charge is 0.414 e. The zero-order chi connectivity index (χ0) is 19.2. The molecule has 3 atom stereocenters. The van der Waals surface area contributed by atoms with Crippen LogP contribution in [-0.4, -0.2) is 35.4 Å². The summed E-state index contributed by atoms with van der Waals surface area (Å²) in [6.07, 6.45) is 5.05. The molecule has 1 aliphatic carbocycles. The molecule has 1 heterocycles. The number of nitrogens with zero attached hydrogens (tertiary/aromatic N) is 1. The fourth-order valence-corrected chi connectivity index (χ4v) is 4.03. The Kier molecular flexibility index (Phi) is 6.27. The molecular weight excluding hydrogens is 346 g/mol. The molecule has 0 unspecified atom stereocenters. The minimum absolute atomic E-state index is 0.0268. The SMILES string of the molecule is CCOC(=O)C[C@@H]1CCC[C@H]2[C@@H]1C(=O)C=CN2C(=O)OCc1ccccc1. The number of fused-ring (bicyclic) bond motifs is 1. The molecule has 2 aliphatic rings. The summed E-state index contributed by atoms with van der Waals surface area (Å²) < 4.78 is 10.5. The van der Waals surface area contributed by atoms with Crippen molar-refractivity contribution in [2.75, 3.05) is 6.61 Å². The molecule has 0 N–H and O–H groups in total. The van der Waals surface area contributed by atoms with E-state index in [1.54, 1.807) is 6.92 Å². The van der Waals surface area contributed by atoms with Gasteiger partial charge in [0, 0.05) is 18.5 Å². The van der Waals surface area contributed by atoms with Gasteiger partial charge in [-0.3, -0.25) is 14.5 Å². The lowest BCUT2D eigenvalue weighted by Gasteiger charge is -2.43. The van der Waals surface area contributed by atoms with Crippen LogP contribution in [0, 0.1) is 11.8 Å². The van der Waals surface area contributed by atoms with Crippen LogP contribution in [0.25, 0.3) is 0 Å². The summed E-state index contributed by atoms with van der Waals surface area (Å²) in [5.41, 5.74) is 0.906. The molecule has 6 nitrogen and oxygen atoms in total. The number of hydrogen-bond donors (Lipinski definition) is 0. The predicted molar refractivity (Wildman–Crippen MR) is 98.5 cm³/mol. The van der Waals surface area contributed by atoms with Crippen molar-refractivity contribution in [3.05, 3.63) is 48.2 Å². The lowest BCUT2D eigenvalue weighted by atomic mass is 9.70. The quantitative estimate of drug-likeness (QED) is 0.741. The number of esters is 1. The first kappa shape index (κ1) is 19.1. The first-order valence-corrected chi connectivity index (χ1v) is 9.46. The fourth-order valence-electron chi connectivity index (χ4n) is 4.03. The van der Waals surface area contributed by atoms with E-state index in [1.165, 1.54) is 17.2 Å². The van der Waals surface area contributed by atoms with E-state index in [0.29, 0.717) is 6.61 Å². The van der Waals surface area contributed by atoms with Crippen molar-refractivity contribution < 1.29 is 23.9 Å². The van der Waals surface area contributed by atoms with E-state index >= 15 is 0 Å². The van der Waals surface area contributed by atoms with E-state index in [2.05, 4.69) is 0 Å². The number of hydrogen-bond acceptors (Lipinski definition) is 5. The second-order valence-corrected chi connectivity index (χ2v) is 6.96. The third kappa shape index (κ3) is 4.56. The van der Waals surface area contributed by atoms with Crippen molar-refractivity contribution in [1.29, 1.82) is 0 Å². The van der Waals surface area contributed by atoms with Gasteiger partial charge in [-0.25, -0.2) is 4.79 Å². The first-order valence-electron chi connectivity index (χ1n) is 9.46. The van der Waals surface area contributed by atoms with E-state index in [9.17, 15) is 14.4 Å².